The van der Waals surface area contributed by atoms with Gasteiger partial charge in [-0.15, -0.1) is 0 Å². The number of rotatable bonds is 0. The minimum Gasteiger partial charge on any atom is -0.340 e. The van der Waals surface area contributed by atoms with Gasteiger partial charge >= 0.3 is 0 Å². The molecule has 0 aromatic carbocycles. The Labute approximate surface area is 91.4 Å². The van der Waals surface area contributed by atoms with Gasteiger partial charge in [-0.25, -0.2) is 0 Å². The van der Waals surface area contributed by atoms with E-state index in [0.29, 0.717) is 10.5 Å². The van der Waals surface area contributed by atoms with Crippen molar-refractivity contribution in [2.75, 3.05) is 13.1 Å². The molecular weight excluding hydrogens is 194 g/mol. The molecule has 1 aliphatic rings. The van der Waals surface area contributed by atoms with Gasteiger partial charge in [-0.05, 0) is 0 Å². The van der Waals surface area contributed by atoms with E-state index in [1.165, 1.54) is 0 Å². The van der Waals surface area contributed by atoms with Gasteiger partial charge in [-0.3, -0.25) is 4.79 Å². The summed E-state index contributed by atoms with van der Waals surface area (Å²) >= 11 is 1.98. The second-order valence-corrected chi connectivity index (χ2v) is 7.10. The van der Waals surface area contributed by atoms with Gasteiger partial charge in [0.15, 0.2) is 0 Å². The van der Waals surface area contributed by atoms with Crippen molar-refractivity contribution < 1.29 is 4.79 Å². The summed E-state index contributed by atoms with van der Waals surface area (Å²) in [7, 11) is 0. The minimum absolute atomic E-state index is 0.235. The molecule has 1 fully saturated rings. The van der Waals surface area contributed by atoms with Gasteiger partial charge in [0.1, 0.15) is 0 Å². The number of hydrogen-bond donors (Lipinski definition) is 0. The van der Waals surface area contributed by atoms with Crippen molar-refractivity contribution in [1.29, 1.82) is 0 Å². The Morgan fingerprint density at radius 1 is 1.21 bits per heavy atom. The quantitative estimate of drug-likeness (QED) is 0.618. The smallest absolute Gasteiger partial charge is 0.228 e. The summed E-state index contributed by atoms with van der Waals surface area (Å²) in [6.07, 6.45) is 0. The van der Waals surface area contributed by atoms with E-state index in [1.54, 1.807) is 0 Å². The van der Waals surface area contributed by atoms with E-state index in [0.717, 1.165) is 13.1 Å². The Bertz CT molecular complexity index is 212. The van der Waals surface area contributed by atoms with Gasteiger partial charge in [0.2, 0.25) is 5.91 Å². The van der Waals surface area contributed by atoms with Crippen LogP contribution in [-0.2, 0) is 4.79 Å². The van der Waals surface area contributed by atoms with Crippen LogP contribution < -0.4 is 0 Å². The number of amides is 1. The summed E-state index contributed by atoms with van der Waals surface area (Å²) in [5, 5.41) is 1.15. The zero-order valence-electron chi connectivity index (χ0n) is 9.83. The van der Waals surface area contributed by atoms with Crippen molar-refractivity contribution in [2.24, 2.45) is 5.41 Å². The van der Waals surface area contributed by atoms with Crippen molar-refractivity contribution in [3.05, 3.63) is 0 Å². The number of hydrogen-bond acceptors (Lipinski definition) is 2. The van der Waals surface area contributed by atoms with Gasteiger partial charge in [0.05, 0.1) is 0 Å². The zero-order chi connectivity index (χ0) is 10.9. The van der Waals surface area contributed by atoms with Crippen LogP contribution in [0.5, 0.6) is 0 Å². The molecule has 0 aliphatic carbocycles. The molecule has 0 radical (unpaired) electrons. The zero-order valence-corrected chi connectivity index (χ0v) is 10.6. The molecule has 0 spiro atoms. The van der Waals surface area contributed by atoms with Crippen LogP contribution >= 0.6 is 11.8 Å². The lowest BCUT2D eigenvalue weighted by Gasteiger charge is -2.37. The molecule has 2 atom stereocenters. The summed E-state index contributed by atoms with van der Waals surface area (Å²) in [6, 6.07) is 0. The fraction of sp³-hybridized carbons (Fsp3) is 0.909. The molecule has 0 aromatic heterocycles. The molecule has 2 unspecified atom stereocenters. The third-order valence-corrected chi connectivity index (χ3v) is 3.58. The van der Waals surface area contributed by atoms with Crippen LogP contribution in [0.2, 0.25) is 0 Å². The van der Waals surface area contributed by atoms with E-state index in [4.69, 9.17) is 0 Å². The highest BCUT2D eigenvalue weighted by molar-refractivity contribution is 8.00. The topological polar surface area (TPSA) is 20.3 Å². The van der Waals surface area contributed by atoms with Crippen molar-refractivity contribution in [1.82, 2.24) is 4.90 Å². The summed E-state index contributed by atoms with van der Waals surface area (Å²) in [5.41, 5.74) is -0.235. The van der Waals surface area contributed by atoms with E-state index >= 15 is 0 Å². The van der Waals surface area contributed by atoms with Crippen LogP contribution in [-0.4, -0.2) is 34.4 Å². The normalized spacial score (nSPS) is 29.1. The van der Waals surface area contributed by atoms with Crippen LogP contribution in [0, 0.1) is 5.41 Å². The summed E-state index contributed by atoms with van der Waals surface area (Å²) in [4.78, 5) is 14.0. The van der Waals surface area contributed by atoms with E-state index in [1.807, 2.05) is 37.4 Å². The van der Waals surface area contributed by atoms with E-state index in [9.17, 15) is 4.79 Å². The lowest BCUT2D eigenvalue weighted by molar-refractivity contribution is -0.139. The van der Waals surface area contributed by atoms with Crippen LogP contribution in [0.3, 0.4) is 0 Å². The minimum atomic E-state index is -0.235. The van der Waals surface area contributed by atoms with Crippen LogP contribution in [0.4, 0.5) is 0 Å². The van der Waals surface area contributed by atoms with E-state index in [2.05, 4.69) is 13.8 Å². The summed E-state index contributed by atoms with van der Waals surface area (Å²) in [5.74, 6) is 0.288. The maximum atomic E-state index is 12.0. The molecule has 1 amide bonds. The lowest BCUT2D eigenvalue weighted by atomic mass is 9.94. The molecule has 1 aliphatic heterocycles. The van der Waals surface area contributed by atoms with Crippen molar-refractivity contribution in [2.45, 2.75) is 45.1 Å². The van der Waals surface area contributed by atoms with Crippen LogP contribution in [0.1, 0.15) is 34.6 Å². The van der Waals surface area contributed by atoms with Crippen molar-refractivity contribution in [3.63, 3.8) is 0 Å². The fourth-order valence-corrected chi connectivity index (χ4v) is 3.14. The predicted molar refractivity (Wildman–Crippen MR) is 62.6 cm³/mol. The van der Waals surface area contributed by atoms with Gasteiger partial charge in [-0.1, -0.05) is 34.6 Å². The number of thioether (sulfide) groups is 1. The Kier molecular flexibility index (Phi) is 3.51. The van der Waals surface area contributed by atoms with Gasteiger partial charge in [-0.2, -0.15) is 11.8 Å². The van der Waals surface area contributed by atoms with Crippen LogP contribution in [0.15, 0.2) is 0 Å². The van der Waals surface area contributed by atoms with Crippen molar-refractivity contribution >= 4 is 17.7 Å². The number of carbonyl (C=O) groups excluding carboxylic acids is 1. The standard InChI is InChI=1S/C11H21NOS/c1-8-6-12(7-9(2)14-8)10(13)11(3,4)5/h8-9H,6-7H2,1-5H3. The van der Waals surface area contributed by atoms with Gasteiger partial charge < -0.3 is 4.90 Å². The summed E-state index contributed by atoms with van der Waals surface area (Å²) < 4.78 is 0. The molecule has 82 valence electrons. The van der Waals surface area contributed by atoms with Crippen LogP contribution in [0.25, 0.3) is 0 Å². The average molecular weight is 215 g/mol. The highest BCUT2D eigenvalue weighted by atomic mass is 32.2. The molecule has 0 bridgehead atoms. The van der Waals surface area contributed by atoms with Gasteiger partial charge in [0, 0.05) is 29.0 Å². The van der Waals surface area contributed by atoms with Crippen molar-refractivity contribution in [3.8, 4) is 0 Å². The first kappa shape index (κ1) is 11.9. The fourth-order valence-electron chi connectivity index (χ4n) is 1.82. The molecule has 14 heavy (non-hydrogen) atoms. The molecule has 1 rings (SSSR count). The first-order valence-corrected chi connectivity index (χ1v) is 6.20. The average Bonchev–Trinajstić information content (AvgIpc) is 1.99. The first-order chi connectivity index (χ1) is 6.30. The molecule has 1 saturated heterocycles. The van der Waals surface area contributed by atoms with E-state index < -0.39 is 0 Å². The summed E-state index contributed by atoms with van der Waals surface area (Å²) in [6.45, 7) is 12.2. The molecule has 0 N–H and O–H groups in total. The van der Waals surface area contributed by atoms with E-state index in [-0.39, 0.29) is 11.3 Å². The maximum Gasteiger partial charge on any atom is 0.228 e. The molecule has 2 nitrogen and oxygen atoms in total. The maximum absolute atomic E-state index is 12.0. The number of nitrogens with zero attached hydrogens (tertiary/aromatic N) is 1. The predicted octanol–water partition coefficient (Wildman–Crippen LogP) is 2.38. The Morgan fingerprint density at radius 3 is 2.00 bits per heavy atom. The second-order valence-electron chi connectivity index (χ2n) is 5.22. The highest BCUT2D eigenvalue weighted by Crippen LogP contribution is 2.27. The highest BCUT2D eigenvalue weighted by Gasteiger charge is 2.32. The number of carbonyl (C=O) groups is 1. The van der Waals surface area contributed by atoms with Gasteiger partial charge in [0.25, 0.3) is 0 Å². The Balaban J connectivity index is 2.64. The second kappa shape index (κ2) is 4.13. The largest absolute Gasteiger partial charge is 0.340 e. The molecule has 0 aromatic rings. The molecular formula is C11H21NOS. The Hall–Kier alpha value is -0.180. The SMILES string of the molecule is CC1CN(C(=O)C(C)(C)C)CC(C)S1. The Morgan fingerprint density at radius 2 is 1.64 bits per heavy atom. The molecule has 0 saturated carbocycles. The monoisotopic (exact) mass is 215 g/mol. The third-order valence-electron chi connectivity index (χ3n) is 2.35. The first-order valence-electron chi connectivity index (χ1n) is 5.25. The lowest BCUT2D eigenvalue weighted by Crippen LogP contribution is -2.48. The third kappa shape index (κ3) is 2.91. The molecule has 3 heteroatoms. The molecule has 1 heterocycles.